The molecule has 21 nitrogen and oxygen atoms in total. The largest absolute Gasteiger partial charge is 0.506 e. The van der Waals surface area contributed by atoms with Gasteiger partial charge in [-0.05, 0) is 158 Å². The molecule has 0 unspecified atom stereocenters. The van der Waals surface area contributed by atoms with Crippen molar-refractivity contribution in [1.29, 1.82) is 0 Å². The number of hydrogen-bond acceptors (Lipinski definition) is 15. The van der Waals surface area contributed by atoms with E-state index in [1.165, 1.54) is 24.3 Å². The topological polar surface area (TPSA) is 303 Å². The standard InChI is InChI=1S/C70H80N10O11/c81-59-19-15-55(57-17-21-65(87)77-67(57)59)61(83)43-71-31-23-45-7-11-51(12-8-45)75-69(89)49-5-1-3-47(39-49)41-73-63(85)29-37-79-33-25-53(26-34-79)91-54-27-35-80(36-28-54)38-30-64(86)74-42-48-4-2-6-50(40-48)70(90)76-52-13-9-46(10-14-52)24-32-72-44-62(84)56-16-20-60(82)68-58(56)18-22-66(88)78-68/h1-22,39-40,53-54,61-62,71-72,81-84H,23-38,41-44H2,(H,73,85)(H,74,86)(H,75,89)(H,76,90)(H,77,87)(H,78,88)/t61-,62-/m0/s1. The van der Waals surface area contributed by atoms with Crippen LogP contribution in [0, 0.1) is 0 Å². The van der Waals surface area contributed by atoms with E-state index < -0.39 is 12.2 Å². The highest BCUT2D eigenvalue weighted by molar-refractivity contribution is 6.05. The summed E-state index contributed by atoms with van der Waals surface area (Å²) in [6, 6.07) is 41.7. The van der Waals surface area contributed by atoms with E-state index in [-0.39, 0.29) is 82.6 Å². The molecule has 4 heterocycles. The average Bonchev–Trinajstić information content (AvgIpc) is 1.42. The highest BCUT2D eigenvalue weighted by atomic mass is 16.5. The summed E-state index contributed by atoms with van der Waals surface area (Å²) in [7, 11) is 0. The molecule has 2 aliphatic heterocycles. The van der Waals surface area contributed by atoms with Crippen LogP contribution in [0.2, 0.25) is 0 Å². The van der Waals surface area contributed by atoms with E-state index in [9.17, 15) is 49.2 Å². The normalized spacial score (nSPS) is 14.9. The second kappa shape index (κ2) is 31.6. The molecular weight excluding hydrogens is 1160 g/mol. The van der Waals surface area contributed by atoms with Crippen molar-refractivity contribution in [3.05, 3.63) is 211 Å². The number of pyridine rings is 2. The number of anilines is 2. The van der Waals surface area contributed by atoms with E-state index in [0.29, 0.717) is 109 Å². The second-order valence-electron chi connectivity index (χ2n) is 23.5. The lowest BCUT2D eigenvalue weighted by atomic mass is 10.0. The van der Waals surface area contributed by atoms with E-state index in [1.54, 1.807) is 60.7 Å². The quantitative estimate of drug-likeness (QED) is 0.0228. The Balaban J connectivity index is 0.545. The summed E-state index contributed by atoms with van der Waals surface area (Å²) in [6.45, 7) is 7.10. The number of aromatic amines is 2. The molecule has 8 aromatic rings. The van der Waals surface area contributed by atoms with Gasteiger partial charge in [-0.1, -0.05) is 60.7 Å². The predicted octanol–water partition coefficient (Wildman–Crippen LogP) is 6.68. The predicted molar refractivity (Wildman–Crippen MR) is 350 cm³/mol. The third-order valence-electron chi connectivity index (χ3n) is 16.9. The summed E-state index contributed by atoms with van der Waals surface area (Å²) in [5.74, 6) is -0.735. The molecule has 2 fully saturated rings. The van der Waals surface area contributed by atoms with Crippen LogP contribution in [0.15, 0.2) is 155 Å². The second-order valence-corrected chi connectivity index (χ2v) is 23.5. The molecule has 0 aliphatic carbocycles. The molecule has 2 atom stereocenters. The van der Waals surface area contributed by atoms with Crippen LogP contribution < -0.4 is 43.0 Å². The molecule has 2 aromatic heterocycles. The van der Waals surface area contributed by atoms with Crippen LogP contribution in [0.25, 0.3) is 21.8 Å². The number of H-pyrrole nitrogens is 2. The van der Waals surface area contributed by atoms with E-state index in [4.69, 9.17) is 4.74 Å². The fourth-order valence-electron chi connectivity index (χ4n) is 11.7. The van der Waals surface area contributed by atoms with Crippen LogP contribution in [-0.4, -0.2) is 141 Å². The minimum absolute atomic E-state index is 0.0509. The highest BCUT2D eigenvalue weighted by Gasteiger charge is 2.27. The Morgan fingerprint density at radius 3 is 1.32 bits per heavy atom. The number of hydrogen-bond donors (Lipinski definition) is 12. The van der Waals surface area contributed by atoms with Gasteiger partial charge in [0, 0.05) is 124 Å². The maximum atomic E-state index is 13.2. The van der Waals surface area contributed by atoms with Gasteiger partial charge in [-0.3, -0.25) is 28.8 Å². The van der Waals surface area contributed by atoms with Crippen molar-refractivity contribution in [2.45, 2.75) is 88.9 Å². The van der Waals surface area contributed by atoms with Crippen LogP contribution >= 0.6 is 0 Å². The number of piperidine rings is 2. The Bertz CT molecular complexity index is 3660. The fourth-order valence-corrected chi connectivity index (χ4v) is 11.7. The summed E-state index contributed by atoms with van der Waals surface area (Å²) in [5, 5.41) is 61.6. The molecule has 10 rings (SSSR count). The lowest BCUT2D eigenvalue weighted by molar-refractivity contribution is -0.122. The van der Waals surface area contributed by atoms with Gasteiger partial charge in [-0.25, -0.2) is 0 Å². The van der Waals surface area contributed by atoms with E-state index >= 15 is 0 Å². The maximum Gasteiger partial charge on any atom is 0.255 e. The summed E-state index contributed by atoms with van der Waals surface area (Å²) in [5.41, 5.74) is 7.09. The molecule has 4 amide bonds. The van der Waals surface area contributed by atoms with Crippen LogP contribution in [0.4, 0.5) is 11.4 Å². The number of ether oxygens (including phenoxy) is 1. The van der Waals surface area contributed by atoms with Gasteiger partial charge in [0.1, 0.15) is 11.5 Å². The fraction of sp³-hybridized carbons (Fsp3) is 0.343. The van der Waals surface area contributed by atoms with Gasteiger partial charge in [0.2, 0.25) is 22.9 Å². The molecule has 0 spiro atoms. The molecule has 0 radical (unpaired) electrons. The molecule has 12 N–H and O–H groups in total. The molecule has 2 saturated heterocycles. The number of phenolic OH excluding ortho intramolecular Hbond substituents is 2. The number of carbonyl (C=O) groups is 4. The van der Waals surface area contributed by atoms with Gasteiger partial charge in [-0.2, -0.15) is 0 Å². The zero-order valence-electron chi connectivity index (χ0n) is 50.8. The summed E-state index contributed by atoms with van der Waals surface area (Å²) < 4.78 is 6.57. The number of benzene rings is 6. The zero-order valence-corrected chi connectivity index (χ0v) is 50.8. The first kappa shape index (κ1) is 64.9. The monoisotopic (exact) mass is 1240 g/mol. The van der Waals surface area contributed by atoms with Gasteiger partial charge in [0.05, 0.1) is 35.4 Å². The molecule has 476 valence electrons. The Morgan fingerprint density at radius 1 is 0.505 bits per heavy atom. The van der Waals surface area contributed by atoms with Gasteiger partial charge in [0.25, 0.3) is 11.8 Å². The number of aliphatic hydroxyl groups is 2. The number of rotatable bonds is 28. The van der Waals surface area contributed by atoms with Crippen LogP contribution in [-0.2, 0) is 40.3 Å². The lowest BCUT2D eigenvalue weighted by Crippen LogP contribution is -2.43. The molecule has 2 aliphatic rings. The number of nitrogens with zero attached hydrogens (tertiary/aromatic N) is 2. The number of phenols is 2. The van der Waals surface area contributed by atoms with Gasteiger partial charge in [0.15, 0.2) is 0 Å². The number of likely N-dealkylation sites (tertiary alicyclic amines) is 2. The van der Waals surface area contributed by atoms with Crippen molar-refractivity contribution in [3.63, 3.8) is 0 Å². The third-order valence-corrected chi connectivity index (χ3v) is 16.9. The van der Waals surface area contributed by atoms with E-state index in [1.807, 2.05) is 60.7 Å². The molecule has 0 saturated carbocycles. The number of fused-ring (bicyclic) bond motifs is 2. The molecule has 21 heteroatoms. The third kappa shape index (κ3) is 18.5. The average molecular weight is 1240 g/mol. The van der Waals surface area contributed by atoms with Crippen molar-refractivity contribution >= 4 is 56.8 Å². The van der Waals surface area contributed by atoms with E-state index in [2.05, 4.69) is 51.7 Å². The molecule has 6 aromatic carbocycles. The lowest BCUT2D eigenvalue weighted by Gasteiger charge is -2.37. The number of amides is 4. The number of aromatic nitrogens is 2. The van der Waals surface area contributed by atoms with Gasteiger partial charge < -0.3 is 76.8 Å². The Kier molecular flexibility index (Phi) is 22.5. The Hall–Kier alpha value is -9.06. The first-order chi connectivity index (χ1) is 44.2. The first-order valence-corrected chi connectivity index (χ1v) is 31.3. The summed E-state index contributed by atoms with van der Waals surface area (Å²) >= 11 is 0. The van der Waals surface area contributed by atoms with E-state index in [0.717, 1.165) is 74.1 Å². The van der Waals surface area contributed by atoms with Crippen molar-refractivity contribution in [2.24, 2.45) is 0 Å². The minimum atomic E-state index is -0.855. The van der Waals surface area contributed by atoms with Gasteiger partial charge >= 0.3 is 0 Å². The van der Waals surface area contributed by atoms with Crippen molar-refractivity contribution in [3.8, 4) is 11.5 Å². The number of aliphatic hydroxyl groups excluding tert-OH is 2. The van der Waals surface area contributed by atoms with Crippen LogP contribution in [0.5, 0.6) is 11.5 Å². The molecular formula is C70H80N10O11. The Morgan fingerprint density at radius 2 is 0.912 bits per heavy atom. The van der Waals surface area contributed by atoms with Gasteiger partial charge in [-0.15, -0.1) is 0 Å². The minimum Gasteiger partial charge on any atom is -0.506 e. The highest BCUT2D eigenvalue weighted by Crippen LogP contribution is 2.30. The smallest absolute Gasteiger partial charge is 0.255 e. The maximum absolute atomic E-state index is 13.2. The van der Waals surface area contributed by atoms with Crippen LogP contribution in [0.1, 0.15) is 105 Å². The number of aromatic hydroxyl groups is 2. The van der Waals surface area contributed by atoms with Crippen molar-refractivity contribution < 1.29 is 44.3 Å². The molecule has 0 bridgehead atoms. The van der Waals surface area contributed by atoms with Crippen LogP contribution in [0.3, 0.4) is 0 Å². The SMILES string of the molecule is O=C(CCN1CCC(OC2CCN(CCC(=O)NCc3cccc(C(=O)Nc4ccc(CCNC[C@H](O)c5ccc(O)c6[nH]c(=O)ccc56)cc4)c3)CC2)CC1)NCc1cccc(C(=O)Nc2ccc(CCNC[C@H](O)c3ccc(O)c4[nH]c(=O)ccc34)cc2)c1. The summed E-state index contributed by atoms with van der Waals surface area (Å²) in [4.78, 5) is 85.7. The zero-order chi connectivity index (χ0) is 63.6. The first-order valence-electron chi connectivity index (χ1n) is 31.3. The Labute approximate surface area is 527 Å². The van der Waals surface area contributed by atoms with Crippen molar-refractivity contribution in [2.75, 3.05) is 76.1 Å². The molecule has 91 heavy (non-hydrogen) atoms. The number of carbonyl (C=O) groups excluding carboxylic acids is 4. The number of nitrogens with one attached hydrogen (secondary N) is 8. The summed E-state index contributed by atoms with van der Waals surface area (Å²) in [6.07, 6.45) is 4.40. The van der Waals surface area contributed by atoms with Crippen molar-refractivity contribution in [1.82, 2.24) is 41.0 Å².